The number of hydrogen-bond donors (Lipinski definition) is 2. The molecular weight excluding hydrogens is 505 g/mol. The SMILES string of the molecule is CN=C(NCc1ccc(CN2CCN(C)CC2)cc1)Nc1ccc(OC)c(OC)c1.I. The Bertz CT molecular complexity index is 836. The Balaban J connectivity index is 0.00000341. The molecule has 0 unspecified atom stereocenters. The molecule has 1 heterocycles. The summed E-state index contributed by atoms with van der Waals surface area (Å²) in [7, 11) is 7.20. The van der Waals surface area contributed by atoms with E-state index < -0.39 is 0 Å². The van der Waals surface area contributed by atoms with Gasteiger partial charge in [0, 0.05) is 58.1 Å². The molecule has 0 radical (unpaired) electrons. The molecule has 1 aliphatic rings. The van der Waals surface area contributed by atoms with E-state index in [2.05, 4.69) is 56.7 Å². The quantitative estimate of drug-likeness (QED) is 0.320. The summed E-state index contributed by atoms with van der Waals surface area (Å²) >= 11 is 0. The predicted molar refractivity (Wildman–Crippen MR) is 138 cm³/mol. The number of likely N-dealkylation sites (N-methyl/N-ethyl adjacent to an activating group) is 1. The number of hydrogen-bond acceptors (Lipinski definition) is 5. The Labute approximate surface area is 202 Å². The lowest BCUT2D eigenvalue weighted by atomic mass is 10.1. The van der Waals surface area contributed by atoms with E-state index in [4.69, 9.17) is 9.47 Å². The van der Waals surface area contributed by atoms with E-state index in [1.165, 1.54) is 11.1 Å². The molecule has 31 heavy (non-hydrogen) atoms. The van der Waals surface area contributed by atoms with Crippen molar-refractivity contribution in [3.63, 3.8) is 0 Å². The van der Waals surface area contributed by atoms with Gasteiger partial charge < -0.3 is 25.0 Å². The lowest BCUT2D eigenvalue weighted by Gasteiger charge is -2.32. The van der Waals surface area contributed by atoms with Crippen LogP contribution in [0.25, 0.3) is 0 Å². The van der Waals surface area contributed by atoms with E-state index in [0.717, 1.165) is 38.4 Å². The number of piperazine rings is 1. The summed E-state index contributed by atoms with van der Waals surface area (Å²) < 4.78 is 10.6. The van der Waals surface area contributed by atoms with Crippen molar-refractivity contribution in [1.29, 1.82) is 0 Å². The lowest BCUT2D eigenvalue weighted by molar-refractivity contribution is 0.148. The van der Waals surface area contributed by atoms with Crippen LogP contribution in [0.3, 0.4) is 0 Å². The molecule has 0 atom stereocenters. The van der Waals surface area contributed by atoms with Crippen LogP contribution in [-0.4, -0.2) is 70.3 Å². The van der Waals surface area contributed by atoms with E-state index >= 15 is 0 Å². The molecule has 3 rings (SSSR count). The highest BCUT2D eigenvalue weighted by molar-refractivity contribution is 14.0. The van der Waals surface area contributed by atoms with Crippen LogP contribution < -0.4 is 20.1 Å². The van der Waals surface area contributed by atoms with Crippen molar-refractivity contribution in [2.24, 2.45) is 4.99 Å². The molecule has 1 fully saturated rings. The summed E-state index contributed by atoms with van der Waals surface area (Å²) in [5.74, 6) is 2.07. The Morgan fingerprint density at radius 3 is 2.19 bits per heavy atom. The second-order valence-corrected chi connectivity index (χ2v) is 7.52. The van der Waals surface area contributed by atoms with Crippen LogP contribution in [0.15, 0.2) is 47.5 Å². The number of ether oxygens (including phenoxy) is 2. The predicted octanol–water partition coefficient (Wildman–Crippen LogP) is 3.26. The van der Waals surface area contributed by atoms with Crippen molar-refractivity contribution >= 4 is 35.6 Å². The summed E-state index contributed by atoms with van der Waals surface area (Å²) in [5.41, 5.74) is 3.45. The molecule has 8 heteroatoms. The zero-order chi connectivity index (χ0) is 21.3. The van der Waals surface area contributed by atoms with Gasteiger partial charge in [0.15, 0.2) is 17.5 Å². The van der Waals surface area contributed by atoms with E-state index in [1.54, 1.807) is 21.3 Å². The van der Waals surface area contributed by atoms with Gasteiger partial charge >= 0.3 is 0 Å². The van der Waals surface area contributed by atoms with Gasteiger partial charge in [-0.2, -0.15) is 0 Å². The normalized spacial score (nSPS) is 15.2. The number of nitrogens with zero attached hydrogens (tertiary/aromatic N) is 3. The van der Waals surface area contributed by atoms with Crippen LogP contribution in [0.5, 0.6) is 11.5 Å². The van der Waals surface area contributed by atoms with Gasteiger partial charge in [-0.05, 0) is 30.3 Å². The van der Waals surface area contributed by atoms with Gasteiger partial charge in [-0.1, -0.05) is 24.3 Å². The maximum atomic E-state index is 5.36. The fraction of sp³-hybridized carbons (Fsp3) is 0.435. The molecule has 7 nitrogen and oxygen atoms in total. The molecule has 0 amide bonds. The number of nitrogens with one attached hydrogen (secondary N) is 2. The molecule has 170 valence electrons. The molecule has 0 bridgehead atoms. The minimum Gasteiger partial charge on any atom is -0.493 e. The van der Waals surface area contributed by atoms with Gasteiger partial charge in [0.2, 0.25) is 0 Å². The largest absolute Gasteiger partial charge is 0.493 e. The number of halogens is 1. The van der Waals surface area contributed by atoms with Crippen LogP contribution in [-0.2, 0) is 13.1 Å². The Hall–Kier alpha value is -2.04. The zero-order valence-electron chi connectivity index (χ0n) is 18.9. The molecule has 1 saturated heterocycles. The first-order chi connectivity index (χ1) is 14.6. The van der Waals surface area contributed by atoms with Gasteiger partial charge in [-0.25, -0.2) is 0 Å². The average molecular weight is 539 g/mol. The van der Waals surface area contributed by atoms with Crippen molar-refractivity contribution in [2.45, 2.75) is 13.1 Å². The number of benzene rings is 2. The van der Waals surface area contributed by atoms with Crippen LogP contribution >= 0.6 is 24.0 Å². The molecule has 2 aromatic rings. The number of rotatable bonds is 7. The molecule has 0 aromatic heterocycles. The van der Waals surface area contributed by atoms with Crippen molar-refractivity contribution in [1.82, 2.24) is 15.1 Å². The smallest absolute Gasteiger partial charge is 0.195 e. The topological polar surface area (TPSA) is 61.4 Å². The lowest BCUT2D eigenvalue weighted by Crippen LogP contribution is -2.43. The van der Waals surface area contributed by atoms with Gasteiger partial charge in [0.25, 0.3) is 0 Å². The third kappa shape index (κ3) is 7.55. The van der Waals surface area contributed by atoms with E-state index in [0.29, 0.717) is 24.0 Å². The number of anilines is 1. The van der Waals surface area contributed by atoms with E-state index in [-0.39, 0.29) is 24.0 Å². The van der Waals surface area contributed by atoms with Crippen molar-refractivity contribution in [2.75, 3.05) is 59.8 Å². The highest BCUT2D eigenvalue weighted by Crippen LogP contribution is 2.29. The first kappa shape index (κ1) is 25.2. The van der Waals surface area contributed by atoms with E-state index in [1.807, 2.05) is 18.2 Å². The van der Waals surface area contributed by atoms with Crippen LogP contribution in [0, 0.1) is 0 Å². The summed E-state index contributed by atoms with van der Waals surface area (Å²) in [6.45, 7) is 6.28. The third-order valence-corrected chi connectivity index (χ3v) is 5.35. The molecule has 1 aliphatic heterocycles. The molecular formula is C23H34IN5O2. The molecule has 0 aliphatic carbocycles. The van der Waals surface area contributed by atoms with Gasteiger partial charge in [-0.15, -0.1) is 24.0 Å². The fourth-order valence-corrected chi connectivity index (χ4v) is 3.44. The van der Waals surface area contributed by atoms with Crippen LogP contribution in [0.4, 0.5) is 5.69 Å². The molecule has 0 spiro atoms. The number of aliphatic imine (C=N–C) groups is 1. The second kappa shape index (κ2) is 12.7. The fourth-order valence-electron chi connectivity index (χ4n) is 3.44. The Kier molecular flexibility index (Phi) is 10.4. The Morgan fingerprint density at radius 2 is 1.58 bits per heavy atom. The summed E-state index contributed by atoms with van der Waals surface area (Å²) in [6, 6.07) is 14.5. The summed E-state index contributed by atoms with van der Waals surface area (Å²) in [6.07, 6.45) is 0. The second-order valence-electron chi connectivity index (χ2n) is 7.52. The molecule has 2 aromatic carbocycles. The maximum Gasteiger partial charge on any atom is 0.195 e. The first-order valence-corrected chi connectivity index (χ1v) is 10.3. The van der Waals surface area contributed by atoms with Gasteiger partial charge in [0.05, 0.1) is 14.2 Å². The standard InChI is InChI=1S/C23H33N5O2.HI/c1-24-23(26-20-9-10-21(29-3)22(15-20)30-4)25-16-18-5-7-19(8-6-18)17-28-13-11-27(2)12-14-28;/h5-10,15H,11-14,16-17H2,1-4H3,(H2,24,25,26);1H. The van der Waals surface area contributed by atoms with Crippen molar-refractivity contribution < 1.29 is 9.47 Å². The van der Waals surface area contributed by atoms with Crippen molar-refractivity contribution in [3.8, 4) is 11.5 Å². The maximum absolute atomic E-state index is 5.36. The first-order valence-electron chi connectivity index (χ1n) is 10.3. The Morgan fingerprint density at radius 1 is 0.935 bits per heavy atom. The highest BCUT2D eigenvalue weighted by Gasteiger charge is 2.13. The zero-order valence-corrected chi connectivity index (χ0v) is 21.2. The average Bonchev–Trinajstić information content (AvgIpc) is 2.79. The third-order valence-electron chi connectivity index (χ3n) is 5.35. The minimum atomic E-state index is 0. The minimum absolute atomic E-state index is 0. The monoisotopic (exact) mass is 539 g/mol. The number of methoxy groups -OCH3 is 2. The highest BCUT2D eigenvalue weighted by atomic mass is 127. The van der Waals surface area contributed by atoms with Gasteiger partial charge in [-0.3, -0.25) is 9.89 Å². The summed E-state index contributed by atoms with van der Waals surface area (Å²) in [4.78, 5) is 9.21. The van der Waals surface area contributed by atoms with E-state index in [9.17, 15) is 0 Å². The van der Waals surface area contributed by atoms with Crippen LogP contribution in [0.1, 0.15) is 11.1 Å². The molecule has 0 saturated carbocycles. The number of guanidine groups is 1. The molecule has 2 N–H and O–H groups in total. The van der Waals surface area contributed by atoms with Crippen molar-refractivity contribution in [3.05, 3.63) is 53.6 Å². The van der Waals surface area contributed by atoms with Gasteiger partial charge in [0.1, 0.15) is 0 Å². The van der Waals surface area contributed by atoms with Crippen LogP contribution in [0.2, 0.25) is 0 Å². The summed E-state index contributed by atoms with van der Waals surface area (Å²) in [5, 5.41) is 6.64.